The first-order valence-corrected chi connectivity index (χ1v) is 12.6. The Kier molecular flexibility index (Phi) is 7.05. The van der Waals surface area contributed by atoms with Gasteiger partial charge in [0.25, 0.3) is 0 Å². The molecule has 202 valence electrons. The molecule has 1 saturated carbocycles. The number of pyridine rings is 1. The first-order chi connectivity index (χ1) is 18.7. The molecule has 2 aromatic carbocycles. The third-order valence-electron chi connectivity index (χ3n) is 6.68. The van der Waals surface area contributed by atoms with E-state index in [2.05, 4.69) is 20.9 Å². The molecule has 0 radical (unpaired) electrons. The zero-order valence-electron chi connectivity index (χ0n) is 21.5. The normalized spacial score (nSPS) is 14.7. The van der Waals surface area contributed by atoms with Gasteiger partial charge in [-0.2, -0.15) is 0 Å². The van der Waals surface area contributed by atoms with Crippen LogP contribution in [-0.2, 0) is 9.59 Å². The van der Waals surface area contributed by atoms with E-state index in [4.69, 9.17) is 25.8 Å². The highest BCUT2D eigenvalue weighted by atomic mass is 35.5. The molecular weight excluding hydrogens is 527 g/mol. The summed E-state index contributed by atoms with van der Waals surface area (Å²) in [5, 5.41) is 8.92. The number of carbonyl (C=O) groups excluding carboxylic acids is 2. The second kappa shape index (κ2) is 10.5. The Balaban J connectivity index is 1.32. The van der Waals surface area contributed by atoms with Crippen LogP contribution in [0.15, 0.2) is 48.5 Å². The number of hydrogen-bond donors (Lipinski definition) is 3. The lowest BCUT2D eigenvalue weighted by atomic mass is 10.0. The van der Waals surface area contributed by atoms with Crippen LogP contribution in [0.5, 0.6) is 17.4 Å². The van der Waals surface area contributed by atoms with E-state index in [1.165, 1.54) is 24.3 Å². The fourth-order valence-corrected chi connectivity index (χ4v) is 4.45. The van der Waals surface area contributed by atoms with Crippen molar-refractivity contribution in [1.82, 2.24) is 4.98 Å². The monoisotopic (exact) mass is 552 g/mol. The summed E-state index contributed by atoms with van der Waals surface area (Å²) in [6.45, 7) is 2.22. The largest absolute Gasteiger partial charge is 0.493 e. The highest BCUT2D eigenvalue weighted by Gasteiger charge is 2.56. The minimum atomic E-state index is -1.22. The van der Waals surface area contributed by atoms with Gasteiger partial charge >= 0.3 is 0 Å². The Bertz CT molecular complexity index is 1490. The number of fused-ring (bicyclic) bond motifs is 1. The number of methoxy groups -OCH3 is 2. The van der Waals surface area contributed by atoms with Gasteiger partial charge in [0, 0.05) is 29.5 Å². The molecule has 0 saturated heterocycles. The summed E-state index contributed by atoms with van der Waals surface area (Å²) in [5.41, 5.74) is 1.56. The van der Waals surface area contributed by atoms with E-state index in [1.807, 2.05) is 12.1 Å². The zero-order chi connectivity index (χ0) is 27.7. The third kappa shape index (κ3) is 5.20. The standard InChI is InChI=1S/C28H26ClFN4O5/c1-15-20(34-27(36)28(9-10-28)26(35)33-17-6-4-16(30)5-7-17)13-19(29)25(32-15)39-22-8-11-31-21-14-24(38-3)23(37-2)12-18(21)22/h4-8,12-14,31H,9-11H2,1-3H3,(H,33,35)(H,34,36). The van der Waals surface area contributed by atoms with E-state index >= 15 is 0 Å². The summed E-state index contributed by atoms with van der Waals surface area (Å²) in [6, 6.07) is 10.5. The molecule has 5 rings (SSSR count). The van der Waals surface area contributed by atoms with Crippen LogP contribution in [0.3, 0.4) is 0 Å². The Morgan fingerprint density at radius 2 is 1.69 bits per heavy atom. The second-order valence-electron chi connectivity index (χ2n) is 9.21. The van der Waals surface area contributed by atoms with Crippen LogP contribution in [-0.4, -0.2) is 37.6 Å². The number of nitrogens with zero attached hydrogens (tertiary/aromatic N) is 1. The van der Waals surface area contributed by atoms with Crippen molar-refractivity contribution in [2.75, 3.05) is 36.7 Å². The number of aromatic nitrogens is 1. The molecule has 2 amide bonds. The Morgan fingerprint density at radius 1 is 1.03 bits per heavy atom. The second-order valence-corrected chi connectivity index (χ2v) is 9.62. The van der Waals surface area contributed by atoms with E-state index in [-0.39, 0.29) is 10.9 Å². The molecular formula is C28H26ClFN4O5. The molecule has 1 fully saturated rings. The summed E-state index contributed by atoms with van der Waals surface area (Å²) in [5.74, 6) is 0.484. The molecule has 2 aliphatic rings. The minimum Gasteiger partial charge on any atom is -0.493 e. The lowest BCUT2D eigenvalue weighted by Gasteiger charge is -2.22. The summed E-state index contributed by atoms with van der Waals surface area (Å²) in [7, 11) is 3.12. The number of benzene rings is 2. The van der Waals surface area contributed by atoms with Gasteiger partial charge in [0.1, 0.15) is 22.0 Å². The molecule has 0 bridgehead atoms. The van der Waals surface area contributed by atoms with Gasteiger partial charge in [0.05, 0.1) is 25.6 Å². The van der Waals surface area contributed by atoms with Gasteiger partial charge < -0.3 is 30.2 Å². The van der Waals surface area contributed by atoms with Crippen LogP contribution < -0.4 is 30.2 Å². The molecule has 11 heteroatoms. The van der Waals surface area contributed by atoms with Crippen molar-refractivity contribution in [3.63, 3.8) is 0 Å². The molecule has 1 aromatic heterocycles. The first kappa shape index (κ1) is 26.3. The van der Waals surface area contributed by atoms with E-state index in [0.717, 1.165) is 11.3 Å². The van der Waals surface area contributed by atoms with Crippen molar-refractivity contribution in [1.29, 1.82) is 0 Å². The van der Waals surface area contributed by atoms with Crippen molar-refractivity contribution < 1.29 is 28.2 Å². The summed E-state index contributed by atoms with van der Waals surface area (Å²) in [6.07, 6.45) is 2.64. The van der Waals surface area contributed by atoms with Crippen molar-refractivity contribution >= 4 is 46.2 Å². The number of hydrogen-bond acceptors (Lipinski definition) is 7. The molecule has 1 aliphatic carbocycles. The lowest BCUT2D eigenvalue weighted by Crippen LogP contribution is -2.35. The number of aryl methyl sites for hydroxylation is 1. The number of ether oxygens (including phenoxy) is 3. The molecule has 2 heterocycles. The van der Waals surface area contributed by atoms with Crippen molar-refractivity contribution in [3.8, 4) is 17.4 Å². The third-order valence-corrected chi connectivity index (χ3v) is 6.95. The number of amides is 2. The average molecular weight is 553 g/mol. The Labute approximate surface area is 229 Å². The van der Waals surface area contributed by atoms with Crippen LogP contribution in [0.2, 0.25) is 5.02 Å². The SMILES string of the molecule is COc1cc2c(cc1OC)C(Oc1nc(C)c(NC(=O)C3(C(=O)Nc4ccc(F)cc4)CC3)cc1Cl)=CCN2. The topological polar surface area (TPSA) is 111 Å². The number of rotatable bonds is 8. The van der Waals surface area contributed by atoms with Crippen molar-refractivity contribution in [2.24, 2.45) is 5.41 Å². The average Bonchev–Trinajstić information content (AvgIpc) is 3.74. The van der Waals surface area contributed by atoms with Gasteiger partial charge in [-0.25, -0.2) is 9.37 Å². The fraction of sp³-hybridized carbons (Fsp3) is 0.250. The maximum Gasteiger partial charge on any atom is 0.240 e. The highest BCUT2D eigenvalue weighted by Crippen LogP contribution is 2.48. The molecule has 0 unspecified atom stereocenters. The predicted octanol–water partition coefficient (Wildman–Crippen LogP) is 5.40. The molecule has 9 nitrogen and oxygen atoms in total. The number of nitrogens with one attached hydrogen (secondary N) is 3. The maximum absolute atomic E-state index is 13.2. The quantitative estimate of drug-likeness (QED) is 0.321. The first-order valence-electron chi connectivity index (χ1n) is 12.2. The predicted molar refractivity (Wildman–Crippen MR) is 146 cm³/mol. The van der Waals surface area contributed by atoms with Gasteiger partial charge in [-0.1, -0.05) is 11.6 Å². The summed E-state index contributed by atoms with van der Waals surface area (Å²) >= 11 is 6.51. The fourth-order valence-electron chi connectivity index (χ4n) is 4.26. The Morgan fingerprint density at radius 3 is 2.36 bits per heavy atom. The van der Waals surface area contributed by atoms with Crippen LogP contribution >= 0.6 is 11.6 Å². The van der Waals surface area contributed by atoms with Gasteiger partial charge in [0.2, 0.25) is 17.7 Å². The van der Waals surface area contributed by atoms with Crippen molar-refractivity contribution in [2.45, 2.75) is 19.8 Å². The number of carbonyl (C=O) groups is 2. The molecule has 3 N–H and O–H groups in total. The lowest BCUT2D eigenvalue weighted by molar-refractivity contribution is -0.131. The van der Waals surface area contributed by atoms with Crippen LogP contribution in [0, 0.1) is 18.2 Å². The summed E-state index contributed by atoms with van der Waals surface area (Å²) in [4.78, 5) is 30.5. The van der Waals surface area contributed by atoms with Crippen molar-refractivity contribution in [3.05, 3.63) is 70.6 Å². The molecule has 39 heavy (non-hydrogen) atoms. The molecule has 0 spiro atoms. The zero-order valence-corrected chi connectivity index (χ0v) is 22.2. The van der Waals surface area contributed by atoms with Gasteiger partial charge in [-0.05, 0) is 62.2 Å². The molecule has 0 atom stereocenters. The van der Waals surface area contributed by atoms with Crippen LogP contribution in [0.4, 0.5) is 21.5 Å². The van der Waals surface area contributed by atoms with Gasteiger partial charge in [-0.15, -0.1) is 0 Å². The minimum absolute atomic E-state index is 0.163. The van der Waals surface area contributed by atoms with Crippen LogP contribution in [0.25, 0.3) is 5.76 Å². The maximum atomic E-state index is 13.2. The Hall–Kier alpha value is -4.31. The van der Waals surface area contributed by atoms with E-state index < -0.39 is 23.0 Å². The van der Waals surface area contributed by atoms with E-state index in [1.54, 1.807) is 33.3 Å². The number of halogens is 2. The number of anilines is 3. The highest BCUT2D eigenvalue weighted by molar-refractivity contribution is 6.32. The van der Waals surface area contributed by atoms with E-state index in [9.17, 15) is 14.0 Å². The molecule has 3 aromatic rings. The molecule has 1 aliphatic heterocycles. The summed E-state index contributed by atoms with van der Waals surface area (Å²) < 4.78 is 30.1. The van der Waals surface area contributed by atoms with Gasteiger partial charge in [-0.3, -0.25) is 9.59 Å². The van der Waals surface area contributed by atoms with Gasteiger partial charge in [0.15, 0.2) is 11.5 Å². The van der Waals surface area contributed by atoms with Crippen LogP contribution in [0.1, 0.15) is 24.1 Å². The smallest absolute Gasteiger partial charge is 0.240 e. The van der Waals surface area contributed by atoms with E-state index in [0.29, 0.717) is 53.7 Å².